The van der Waals surface area contributed by atoms with Gasteiger partial charge in [0.05, 0.1) is 13.2 Å². The summed E-state index contributed by atoms with van der Waals surface area (Å²) in [6.45, 7) is -0.518. The van der Waals surface area contributed by atoms with Gasteiger partial charge in [0.25, 0.3) is 0 Å². The quantitative estimate of drug-likeness (QED) is 0.652. The number of ether oxygens (including phenoxy) is 1. The highest BCUT2D eigenvalue weighted by atomic mass is 16.5. The number of rotatable bonds is 7. The molecular formula is C22H22O3. The zero-order chi connectivity index (χ0) is 17.5. The third-order valence-corrected chi connectivity index (χ3v) is 4.29. The summed E-state index contributed by atoms with van der Waals surface area (Å²) in [4.78, 5) is 0. The maximum Gasteiger partial charge on any atom is 0.144 e. The first-order chi connectivity index (χ1) is 12.3. The third kappa shape index (κ3) is 3.49. The predicted molar refractivity (Wildman–Crippen MR) is 98.3 cm³/mol. The Hall–Kier alpha value is -2.46. The molecule has 3 aromatic rings. The maximum atomic E-state index is 9.65. The van der Waals surface area contributed by atoms with Crippen molar-refractivity contribution < 1.29 is 14.9 Å². The summed E-state index contributed by atoms with van der Waals surface area (Å²) in [5.74, 6) is 0. The molecule has 0 saturated carbocycles. The molecule has 3 rings (SSSR count). The van der Waals surface area contributed by atoms with E-state index >= 15 is 0 Å². The van der Waals surface area contributed by atoms with Crippen LogP contribution in [0.25, 0.3) is 0 Å². The van der Waals surface area contributed by atoms with Gasteiger partial charge in [-0.1, -0.05) is 91.0 Å². The molecule has 2 N–H and O–H groups in total. The first-order valence-electron chi connectivity index (χ1n) is 8.37. The fourth-order valence-corrected chi connectivity index (χ4v) is 3.10. The van der Waals surface area contributed by atoms with E-state index in [0.29, 0.717) is 0 Å². The molecule has 0 bridgehead atoms. The van der Waals surface area contributed by atoms with Gasteiger partial charge in [-0.25, -0.2) is 0 Å². The van der Waals surface area contributed by atoms with Crippen molar-refractivity contribution in [3.05, 3.63) is 108 Å². The Bertz CT molecular complexity index is 656. The normalized spacial score (nSPS) is 11.6. The van der Waals surface area contributed by atoms with Crippen LogP contribution in [0.1, 0.15) is 16.7 Å². The highest BCUT2D eigenvalue weighted by Gasteiger charge is 2.39. The molecule has 128 valence electrons. The van der Waals surface area contributed by atoms with Crippen LogP contribution < -0.4 is 0 Å². The molecule has 0 radical (unpaired) electrons. The Kier molecular flexibility index (Phi) is 5.61. The highest BCUT2D eigenvalue weighted by Crippen LogP contribution is 2.41. The molecule has 0 atom stereocenters. The van der Waals surface area contributed by atoms with Crippen molar-refractivity contribution in [3.63, 3.8) is 0 Å². The minimum atomic E-state index is -0.917. The smallest absolute Gasteiger partial charge is 0.144 e. The van der Waals surface area contributed by atoms with Gasteiger partial charge in [0.1, 0.15) is 11.7 Å². The van der Waals surface area contributed by atoms with Crippen molar-refractivity contribution in [1.82, 2.24) is 0 Å². The molecule has 0 heterocycles. The first kappa shape index (κ1) is 17.4. The molecule has 25 heavy (non-hydrogen) atoms. The highest BCUT2D eigenvalue weighted by molar-refractivity contribution is 5.47. The van der Waals surface area contributed by atoms with Gasteiger partial charge in [-0.2, -0.15) is 0 Å². The van der Waals surface area contributed by atoms with E-state index in [1.165, 1.54) is 0 Å². The Morgan fingerprint density at radius 1 is 0.600 bits per heavy atom. The van der Waals surface area contributed by atoms with Crippen LogP contribution >= 0.6 is 0 Å². The molecular weight excluding hydrogens is 312 g/mol. The average Bonchev–Trinajstić information content (AvgIpc) is 2.71. The van der Waals surface area contributed by atoms with Gasteiger partial charge in [-0.05, 0) is 16.7 Å². The first-order valence-corrected chi connectivity index (χ1v) is 8.37. The van der Waals surface area contributed by atoms with E-state index in [1.54, 1.807) is 0 Å². The van der Waals surface area contributed by atoms with Gasteiger partial charge in [0.2, 0.25) is 0 Å². The van der Waals surface area contributed by atoms with Gasteiger partial charge >= 0.3 is 0 Å². The van der Waals surface area contributed by atoms with Crippen molar-refractivity contribution in [2.45, 2.75) is 11.7 Å². The second-order valence-corrected chi connectivity index (χ2v) is 5.88. The van der Waals surface area contributed by atoms with Crippen molar-refractivity contribution in [2.24, 2.45) is 0 Å². The van der Waals surface area contributed by atoms with Crippen LogP contribution in [-0.4, -0.2) is 29.5 Å². The molecule has 3 heteroatoms. The zero-order valence-electron chi connectivity index (χ0n) is 14.0. The van der Waals surface area contributed by atoms with Crippen molar-refractivity contribution in [2.75, 3.05) is 13.2 Å². The van der Waals surface area contributed by atoms with Gasteiger partial charge in [-0.3, -0.25) is 0 Å². The van der Waals surface area contributed by atoms with E-state index in [-0.39, 0.29) is 13.2 Å². The van der Waals surface area contributed by atoms with E-state index in [1.807, 2.05) is 91.0 Å². The van der Waals surface area contributed by atoms with Crippen LogP contribution in [0, 0.1) is 0 Å². The molecule has 0 fully saturated rings. The summed E-state index contributed by atoms with van der Waals surface area (Å²) in [7, 11) is 0. The largest absolute Gasteiger partial charge is 0.394 e. The molecule has 0 aliphatic rings. The summed E-state index contributed by atoms with van der Waals surface area (Å²) in [5.41, 5.74) is 1.91. The van der Waals surface area contributed by atoms with Gasteiger partial charge in [0.15, 0.2) is 0 Å². The van der Waals surface area contributed by atoms with E-state index < -0.39 is 11.7 Å². The number of benzene rings is 3. The lowest BCUT2D eigenvalue weighted by Gasteiger charge is -2.38. The fourth-order valence-electron chi connectivity index (χ4n) is 3.10. The maximum absolute atomic E-state index is 9.65. The number of hydrogen-bond acceptors (Lipinski definition) is 3. The van der Waals surface area contributed by atoms with E-state index in [2.05, 4.69) is 0 Å². The van der Waals surface area contributed by atoms with Crippen LogP contribution in [0.3, 0.4) is 0 Å². The molecule has 0 aliphatic heterocycles. The van der Waals surface area contributed by atoms with Gasteiger partial charge < -0.3 is 14.9 Å². The SMILES string of the molecule is OCC(CO)OC(c1ccccc1)(c1ccccc1)c1ccccc1. The van der Waals surface area contributed by atoms with Crippen LogP contribution in [0.4, 0.5) is 0 Å². The van der Waals surface area contributed by atoms with Crippen molar-refractivity contribution >= 4 is 0 Å². The molecule has 3 nitrogen and oxygen atoms in total. The van der Waals surface area contributed by atoms with Crippen LogP contribution in [0.2, 0.25) is 0 Å². The summed E-state index contributed by atoms with van der Waals surface area (Å²) >= 11 is 0. The molecule has 0 unspecified atom stereocenters. The van der Waals surface area contributed by atoms with Crippen LogP contribution in [0.5, 0.6) is 0 Å². The summed E-state index contributed by atoms with van der Waals surface area (Å²) in [6, 6.07) is 29.7. The Labute approximate surface area is 148 Å². The lowest BCUT2D eigenvalue weighted by Crippen LogP contribution is -2.39. The van der Waals surface area contributed by atoms with Crippen LogP contribution in [0.15, 0.2) is 91.0 Å². The minimum absolute atomic E-state index is 0.259. The Morgan fingerprint density at radius 2 is 0.920 bits per heavy atom. The summed E-state index contributed by atoms with van der Waals surface area (Å²) in [6.07, 6.45) is -0.694. The number of aliphatic hydroxyl groups excluding tert-OH is 2. The topological polar surface area (TPSA) is 49.7 Å². The monoisotopic (exact) mass is 334 g/mol. The Morgan fingerprint density at radius 3 is 1.20 bits per heavy atom. The molecule has 3 aromatic carbocycles. The number of hydrogen-bond donors (Lipinski definition) is 2. The predicted octanol–water partition coefficient (Wildman–Crippen LogP) is 3.35. The van der Waals surface area contributed by atoms with Gasteiger partial charge in [-0.15, -0.1) is 0 Å². The molecule has 0 aliphatic carbocycles. The van der Waals surface area contributed by atoms with Gasteiger partial charge in [0, 0.05) is 0 Å². The standard InChI is InChI=1S/C22H22O3/c23-16-21(17-24)25-22(18-10-4-1-5-11-18,19-12-6-2-7-13-19)20-14-8-3-9-15-20/h1-15,21,23-24H,16-17H2. The minimum Gasteiger partial charge on any atom is -0.394 e. The fraction of sp³-hybridized carbons (Fsp3) is 0.182. The molecule has 0 saturated heterocycles. The lowest BCUT2D eigenvalue weighted by atomic mass is 9.80. The van der Waals surface area contributed by atoms with E-state index in [9.17, 15) is 10.2 Å². The zero-order valence-corrected chi connectivity index (χ0v) is 14.0. The average molecular weight is 334 g/mol. The lowest BCUT2D eigenvalue weighted by molar-refractivity contribution is -0.0896. The number of aliphatic hydroxyl groups is 2. The van der Waals surface area contributed by atoms with Crippen LogP contribution in [-0.2, 0) is 10.3 Å². The van der Waals surface area contributed by atoms with E-state index in [0.717, 1.165) is 16.7 Å². The summed E-state index contributed by atoms with van der Waals surface area (Å²) < 4.78 is 6.39. The summed E-state index contributed by atoms with van der Waals surface area (Å²) in [5, 5.41) is 19.3. The second-order valence-electron chi connectivity index (χ2n) is 5.88. The van der Waals surface area contributed by atoms with E-state index in [4.69, 9.17) is 4.74 Å². The van der Waals surface area contributed by atoms with Crippen molar-refractivity contribution in [1.29, 1.82) is 0 Å². The second kappa shape index (κ2) is 8.08. The molecule has 0 amide bonds. The molecule has 0 aromatic heterocycles. The van der Waals surface area contributed by atoms with Crippen molar-refractivity contribution in [3.8, 4) is 0 Å². The molecule has 0 spiro atoms. The third-order valence-electron chi connectivity index (χ3n) is 4.29. The Balaban J connectivity index is 2.27.